The third-order valence-corrected chi connectivity index (χ3v) is 3.46. The monoisotopic (exact) mass is 246 g/mol. The molecule has 0 aliphatic heterocycles. The number of ketones is 1. The van der Waals surface area contributed by atoms with Gasteiger partial charge >= 0.3 is 0 Å². The van der Waals surface area contributed by atoms with E-state index in [9.17, 15) is 4.79 Å². The molecule has 0 spiro atoms. The fourth-order valence-electron chi connectivity index (χ4n) is 1.48. The van der Waals surface area contributed by atoms with Crippen molar-refractivity contribution in [1.29, 1.82) is 0 Å². The fraction of sp³-hybridized carbons (Fsp3) is 0.231. The molecule has 0 radical (unpaired) electrons. The predicted molar refractivity (Wildman–Crippen MR) is 69.2 cm³/mol. The van der Waals surface area contributed by atoms with E-state index in [0.29, 0.717) is 0 Å². The fourth-order valence-corrected chi connectivity index (χ4v) is 2.28. The molecular formula is C13H14N2OS. The van der Waals surface area contributed by atoms with Crippen molar-refractivity contribution in [3.63, 3.8) is 0 Å². The lowest BCUT2D eigenvalue weighted by Gasteiger charge is -2.00. The van der Waals surface area contributed by atoms with E-state index < -0.39 is 0 Å². The number of Topliss-reactive ketones (excluding diaryl/α,β-unsaturated/α-hetero) is 1. The van der Waals surface area contributed by atoms with Gasteiger partial charge in [0.1, 0.15) is 0 Å². The summed E-state index contributed by atoms with van der Waals surface area (Å²) in [6.07, 6.45) is 1.94. The Kier molecular flexibility index (Phi) is 3.64. The van der Waals surface area contributed by atoms with E-state index in [0.717, 1.165) is 21.9 Å². The minimum atomic E-state index is 0.103. The average molecular weight is 246 g/mol. The van der Waals surface area contributed by atoms with Crippen LogP contribution < -0.4 is 0 Å². The molecule has 3 nitrogen and oxygen atoms in total. The number of carbonyl (C=O) groups excluding carboxylic acids is 1. The third-order valence-electron chi connectivity index (χ3n) is 2.42. The van der Waals surface area contributed by atoms with Gasteiger partial charge in [0.05, 0.1) is 5.69 Å². The number of carbonyl (C=O) groups is 1. The maximum Gasteiger partial charge on any atom is 0.159 e. The summed E-state index contributed by atoms with van der Waals surface area (Å²) in [5.41, 5.74) is 1.82. The topological polar surface area (TPSA) is 34.9 Å². The van der Waals surface area contributed by atoms with Gasteiger partial charge in [-0.1, -0.05) is 12.1 Å². The number of thioether (sulfide) groups is 1. The van der Waals surface area contributed by atoms with Crippen LogP contribution in [-0.2, 0) is 12.8 Å². The normalized spacial score (nSPS) is 10.5. The molecule has 0 fully saturated rings. The van der Waals surface area contributed by atoms with E-state index in [1.807, 2.05) is 43.6 Å². The SMILES string of the molecule is CC(=O)c1ccc(SCc2ccn(C)n2)cc1. The van der Waals surface area contributed by atoms with E-state index in [-0.39, 0.29) is 5.78 Å². The summed E-state index contributed by atoms with van der Waals surface area (Å²) >= 11 is 1.72. The van der Waals surface area contributed by atoms with Crippen molar-refractivity contribution in [3.8, 4) is 0 Å². The largest absolute Gasteiger partial charge is 0.295 e. The summed E-state index contributed by atoms with van der Waals surface area (Å²) in [4.78, 5) is 12.3. The van der Waals surface area contributed by atoms with E-state index in [1.54, 1.807) is 23.4 Å². The zero-order valence-electron chi connectivity index (χ0n) is 9.88. The van der Waals surface area contributed by atoms with Crippen molar-refractivity contribution in [2.75, 3.05) is 0 Å². The summed E-state index contributed by atoms with van der Waals surface area (Å²) in [5.74, 6) is 0.951. The number of hydrogen-bond acceptors (Lipinski definition) is 3. The number of aromatic nitrogens is 2. The van der Waals surface area contributed by atoms with Crippen LogP contribution in [0, 0.1) is 0 Å². The van der Waals surface area contributed by atoms with E-state index in [4.69, 9.17) is 0 Å². The van der Waals surface area contributed by atoms with Crippen molar-refractivity contribution >= 4 is 17.5 Å². The van der Waals surface area contributed by atoms with Gasteiger partial charge < -0.3 is 0 Å². The molecule has 0 unspecified atom stereocenters. The predicted octanol–water partition coefficient (Wildman–Crippen LogP) is 2.92. The average Bonchev–Trinajstić information content (AvgIpc) is 2.73. The number of benzene rings is 1. The van der Waals surface area contributed by atoms with E-state index in [1.165, 1.54) is 0 Å². The van der Waals surface area contributed by atoms with Crippen LogP contribution in [0.1, 0.15) is 23.0 Å². The molecule has 0 bridgehead atoms. The highest BCUT2D eigenvalue weighted by Crippen LogP contribution is 2.22. The lowest BCUT2D eigenvalue weighted by atomic mass is 10.2. The zero-order valence-corrected chi connectivity index (χ0v) is 10.7. The number of hydrogen-bond donors (Lipinski definition) is 0. The van der Waals surface area contributed by atoms with Gasteiger partial charge in [-0.15, -0.1) is 11.8 Å². The third kappa shape index (κ3) is 3.20. The summed E-state index contributed by atoms with van der Waals surface area (Å²) < 4.78 is 1.80. The zero-order chi connectivity index (χ0) is 12.3. The highest BCUT2D eigenvalue weighted by atomic mass is 32.2. The minimum Gasteiger partial charge on any atom is -0.295 e. The molecule has 0 N–H and O–H groups in total. The first-order valence-corrected chi connectivity index (χ1v) is 6.36. The van der Waals surface area contributed by atoms with Crippen molar-refractivity contribution < 1.29 is 4.79 Å². The molecule has 88 valence electrons. The second-order valence-electron chi connectivity index (χ2n) is 3.85. The Hall–Kier alpha value is -1.55. The van der Waals surface area contributed by atoms with Gasteiger partial charge in [-0.3, -0.25) is 9.48 Å². The van der Waals surface area contributed by atoms with Crippen LogP contribution >= 0.6 is 11.8 Å². The van der Waals surface area contributed by atoms with Gasteiger partial charge in [0, 0.05) is 29.5 Å². The van der Waals surface area contributed by atoms with E-state index >= 15 is 0 Å². The first kappa shape index (κ1) is 11.9. The maximum atomic E-state index is 11.1. The van der Waals surface area contributed by atoms with Gasteiger partial charge in [0.2, 0.25) is 0 Å². The molecule has 2 rings (SSSR count). The lowest BCUT2D eigenvalue weighted by Crippen LogP contribution is -1.91. The summed E-state index contributed by atoms with van der Waals surface area (Å²) in [7, 11) is 1.91. The van der Waals surface area contributed by atoms with Gasteiger partial charge in [-0.25, -0.2) is 0 Å². The molecule has 1 aromatic carbocycles. The van der Waals surface area contributed by atoms with E-state index in [2.05, 4.69) is 5.10 Å². The first-order valence-electron chi connectivity index (χ1n) is 5.37. The molecule has 0 aliphatic rings. The summed E-state index contributed by atoms with van der Waals surface area (Å²) in [6, 6.07) is 9.69. The maximum absolute atomic E-state index is 11.1. The molecule has 1 heterocycles. The Morgan fingerprint density at radius 1 is 1.29 bits per heavy atom. The Labute approximate surface area is 105 Å². The van der Waals surface area contributed by atoms with Crippen LogP contribution in [0.25, 0.3) is 0 Å². The molecule has 0 saturated carbocycles. The summed E-state index contributed by atoms with van der Waals surface area (Å²) in [6.45, 7) is 1.58. The number of aryl methyl sites for hydroxylation is 1. The highest BCUT2D eigenvalue weighted by Gasteiger charge is 2.01. The number of nitrogens with zero attached hydrogens (tertiary/aromatic N) is 2. The Bertz CT molecular complexity index is 516. The number of rotatable bonds is 4. The second-order valence-corrected chi connectivity index (χ2v) is 4.90. The highest BCUT2D eigenvalue weighted by molar-refractivity contribution is 7.98. The van der Waals surface area contributed by atoms with Crippen molar-refractivity contribution in [2.24, 2.45) is 7.05 Å². The summed E-state index contributed by atoms with van der Waals surface area (Å²) in [5, 5.41) is 4.31. The van der Waals surface area contributed by atoms with Gasteiger partial charge in [-0.2, -0.15) is 5.10 Å². The van der Waals surface area contributed by atoms with Gasteiger partial charge in [0.25, 0.3) is 0 Å². The molecule has 2 aromatic rings. The van der Waals surface area contributed by atoms with Crippen LogP contribution in [0.5, 0.6) is 0 Å². The molecule has 4 heteroatoms. The van der Waals surface area contributed by atoms with Crippen LogP contribution in [0.3, 0.4) is 0 Å². The molecule has 0 aliphatic carbocycles. The second kappa shape index (κ2) is 5.19. The van der Waals surface area contributed by atoms with Gasteiger partial charge in [-0.05, 0) is 25.1 Å². The molecule has 0 atom stereocenters. The molecule has 0 amide bonds. The Balaban J connectivity index is 1.97. The minimum absolute atomic E-state index is 0.103. The quantitative estimate of drug-likeness (QED) is 0.614. The Morgan fingerprint density at radius 3 is 2.53 bits per heavy atom. The standard InChI is InChI=1S/C13H14N2OS/c1-10(16)11-3-5-13(6-4-11)17-9-12-7-8-15(2)14-12/h3-8H,9H2,1-2H3. The Morgan fingerprint density at radius 2 is 2.00 bits per heavy atom. The van der Waals surface area contributed by atoms with Crippen molar-refractivity contribution in [1.82, 2.24) is 9.78 Å². The molecular weight excluding hydrogens is 232 g/mol. The first-order chi connectivity index (χ1) is 8.15. The van der Waals surface area contributed by atoms with Gasteiger partial charge in [0.15, 0.2) is 5.78 Å². The van der Waals surface area contributed by atoms with Crippen LogP contribution in [0.2, 0.25) is 0 Å². The van der Waals surface area contributed by atoms with Crippen molar-refractivity contribution in [2.45, 2.75) is 17.6 Å². The van der Waals surface area contributed by atoms with Crippen LogP contribution in [-0.4, -0.2) is 15.6 Å². The van der Waals surface area contributed by atoms with Crippen molar-refractivity contribution in [3.05, 3.63) is 47.8 Å². The molecule has 1 aromatic heterocycles. The molecule has 0 saturated heterocycles. The lowest BCUT2D eigenvalue weighted by molar-refractivity contribution is 0.101. The van der Waals surface area contributed by atoms with Crippen LogP contribution in [0.15, 0.2) is 41.4 Å². The smallest absolute Gasteiger partial charge is 0.159 e. The molecule has 17 heavy (non-hydrogen) atoms. The van der Waals surface area contributed by atoms with Crippen LogP contribution in [0.4, 0.5) is 0 Å².